The summed E-state index contributed by atoms with van der Waals surface area (Å²) in [5, 5.41) is 11.3. The third-order valence-corrected chi connectivity index (χ3v) is 3.46. The third-order valence-electron chi connectivity index (χ3n) is 3.46. The molecular formula is C15H20N2O5. The lowest BCUT2D eigenvalue weighted by molar-refractivity contribution is -0.426. The minimum atomic E-state index is -0.341. The molecular weight excluding hydrogens is 288 g/mol. The summed E-state index contributed by atoms with van der Waals surface area (Å²) in [5.41, 5.74) is 0.853. The van der Waals surface area contributed by atoms with Crippen molar-refractivity contribution < 1.29 is 19.1 Å². The van der Waals surface area contributed by atoms with Gasteiger partial charge in [0.25, 0.3) is 5.70 Å². The number of benzene rings is 1. The molecule has 0 unspecified atom stereocenters. The Hall–Kier alpha value is -2.12. The van der Waals surface area contributed by atoms with Crippen LogP contribution in [0, 0.1) is 10.1 Å². The number of hydrogen-bond donors (Lipinski definition) is 0. The van der Waals surface area contributed by atoms with Crippen LogP contribution in [0.5, 0.6) is 11.5 Å². The average molecular weight is 308 g/mol. The molecule has 120 valence electrons. The highest BCUT2D eigenvalue weighted by atomic mass is 16.6. The van der Waals surface area contributed by atoms with Crippen molar-refractivity contribution in [2.75, 3.05) is 47.1 Å². The zero-order valence-corrected chi connectivity index (χ0v) is 12.8. The van der Waals surface area contributed by atoms with Gasteiger partial charge < -0.3 is 14.2 Å². The van der Waals surface area contributed by atoms with Crippen molar-refractivity contribution in [3.63, 3.8) is 0 Å². The van der Waals surface area contributed by atoms with Crippen LogP contribution in [0.1, 0.15) is 5.56 Å². The molecule has 0 radical (unpaired) electrons. The van der Waals surface area contributed by atoms with Gasteiger partial charge in [0.1, 0.15) is 0 Å². The predicted molar refractivity (Wildman–Crippen MR) is 81.8 cm³/mol. The van der Waals surface area contributed by atoms with Crippen LogP contribution in [-0.2, 0) is 4.74 Å². The van der Waals surface area contributed by atoms with E-state index in [-0.39, 0.29) is 10.6 Å². The molecule has 1 aliphatic heterocycles. The van der Waals surface area contributed by atoms with Crippen LogP contribution in [0.15, 0.2) is 23.9 Å². The Morgan fingerprint density at radius 3 is 2.59 bits per heavy atom. The van der Waals surface area contributed by atoms with Gasteiger partial charge >= 0.3 is 0 Å². The van der Waals surface area contributed by atoms with E-state index in [0.29, 0.717) is 49.9 Å². The van der Waals surface area contributed by atoms with E-state index in [9.17, 15) is 10.1 Å². The summed E-state index contributed by atoms with van der Waals surface area (Å²) < 4.78 is 15.6. The lowest BCUT2D eigenvalue weighted by Gasteiger charge is -2.25. The van der Waals surface area contributed by atoms with E-state index in [1.54, 1.807) is 31.4 Å². The quantitative estimate of drug-likeness (QED) is 0.588. The summed E-state index contributed by atoms with van der Waals surface area (Å²) in [6.45, 7) is 2.93. The molecule has 0 aromatic heterocycles. The second kappa shape index (κ2) is 7.77. The molecule has 0 aliphatic carbocycles. The minimum Gasteiger partial charge on any atom is -0.493 e. The van der Waals surface area contributed by atoms with E-state index in [0.717, 1.165) is 0 Å². The lowest BCUT2D eigenvalue weighted by Crippen LogP contribution is -2.38. The number of nitro groups is 1. The van der Waals surface area contributed by atoms with Gasteiger partial charge in [-0.3, -0.25) is 15.0 Å². The Morgan fingerprint density at radius 1 is 1.32 bits per heavy atom. The zero-order chi connectivity index (χ0) is 15.9. The molecule has 0 N–H and O–H groups in total. The molecule has 0 saturated carbocycles. The Balaban J connectivity index is 2.19. The molecule has 0 bridgehead atoms. The second-order valence-electron chi connectivity index (χ2n) is 4.90. The molecule has 1 aromatic carbocycles. The van der Waals surface area contributed by atoms with E-state index in [1.807, 2.05) is 4.90 Å². The van der Waals surface area contributed by atoms with Crippen LogP contribution in [0.3, 0.4) is 0 Å². The standard InChI is InChI=1S/C15H20N2O5/c1-20-14-4-3-12(10-15(14)21-2)9-13(17(18)19)11-16-5-7-22-8-6-16/h3-4,9-10H,5-8,11H2,1-2H3/b13-9+. The fourth-order valence-corrected chi connectivity index (χ4v) is 2.28. The molecule has 7 nitrogen and oxygen atoms in total. The van der Waals surface area contributed by atoms with E-state index in [4.69, 9.17) is 14.2 Å². The van der Waals surface area contributed by atoms with Gasteiger partial charge in [-0.1, -0.05) is 6.07 Å². The summed E-state index contributed by atoms with van der Waals surface area (Å²) >= 11 is 0. The number of hydrogen-bond acceptors (Lipinski definition) is 6. The molecule has 0 atom stereocenters. The van der Waals surface area contributed by atoms with Gasteiger partial charge in [0.05, 0.1) is 38.9 Å². The summed E-state index contributed by atoms with van der Waals surface area (Å²) in [6.07, 6.45) is 1.57. The van der Waals surface area contributed by atoms with Gasteiger partial charge in [0, 0.05) is 19.2 Å². The normalized spacial score (nSPS) is 16.4. The van der Waals surface area contributed by atoms with Crippen molar-refractivity contribution in [2.24, 2.45) is 0 Å². The Labute approximate surface area is 129 Å². The monoisotopic (exact) mass is 308 g/mol. The first kappa shape index (κ1) is 16.3. The van der Waals surface area contributed by atoms with Crippen molar-refractivity contribution in [2.45, 2.75) is 0 Å². The molecule has 1 aliphatic rings. The Kier molecular flexibility index (Phi) is 5.74. The number of ether oxygens (including phenoxy) is 3. The summed E-state index contributed by atoms with van der Waals surface area (Å²) in [6, 6.07) is 5.22. The molecule has 7 heteroatoms. The number of nitrogens with zero attached hydrogens (tertiary/aromatic N) is 2. The Morgan fingerprint density at radius 2 is 2.00 bits per heavy atom. The van der Waals surface area contributed by atoms with E-state index < -0.39 is 0 Å². The van der Waals surface area contributed by atoms with Crippen LogP contribution in [0.25, 0.3) is 6.08 Å². The number of methoxy groups -OCH3 is 2. The summed E-state index contributed by atoms with van der Waals surface area (Å²) in [5.74, 6) is 1.14. The van der Waals surface area contributed by atoms with Gasteiger partial charge in [0.15, 0.2) is 11.5 Å². The van der Waals surface area contributed by atoms with Gasteiger partial charge in [-0.15, -0.1) is 0 Å². The third kappa shape index (κ3) is 4.19. The highest BCUT2D eigenvalue weighted by Crippen LogP contribution is 2.28. The van der Waals surface area contributed by atoms with E-state index >= 15 is 0 Å². The van der Waals surface area contributed by atoms with E-state index in [1.165, 1.54) is 7.11 Å². The van der Waals surface area contributed by atoms with Crippen LogP contribution in [-0.4, -0.2) is 56.9 Å². The number of morpholine rings is 1. The highest BCUT2D eigenvalue weighted by Gasteiger charge is 2.19. The first-order valence-electron chi connectivity index (χ1n) is 7.01. The molecule has 1 aromatic rings. The molecule has 1 heterocycles. The smallest absolute Gasteiger partial charge is 0.260 e. The summed E-state index contributed by atoms with van der Waals surface area (Å²) in [7, 11) is 3.09. The van der Waals surface area contributed by atoms with Crippen molar-refractivity contribution >= 4 is 6.08 Å². The maximum absolute atomic E-state index is 11.3. The van der Waals surface area contributed by atoms with Gasteiger partial charge in [0.2, 0.25) is 0 Å². The first-order chi connectivity index (χ1) is 10.6. The molecule has 0 spiro atoms. The topological polar surface area (TPSA) is 74.1 Å². The molecule has 0 amide bonds. The first-order valence-corrected chi connectivity index (χ1v) is 7.01. The van der Waals surface area contributed by atoms with Crippen molar-refractivity contribution in [3.8, 4) is 11.5 Å². The van der Waals surface area contributed by atoms with Gasteiger partial charge in [-0.05, 0) is 17.7 Å². The largest absolute Gasteiger partial charge is 0.493 e. The molecule has 1 fully saturated rings. The average Bonchev–Trinajstić information content (AvgIpc) is 2.55. The zero-order valence-electron chi connectivity index (χ0n) is 12.8. The lowest BCUT2D eigenvalue weighted by atomic mass is 10.1. The van der Waals surface area contributed by atoms with Crippen molar-refractivity contribution in [1.29, 1.82) is 0 Å². The molecule has 1 saturated heterocycles. The van der Waals surface area contributed by atoms with Crippen LogP contribution < -0.4 is 9.47 Å². The minimum absolute atomic E-state index is 0.147. The maximum Gasteiger partial charge on any atom is 0.260 e. The summed E-state index contributed by atoms with van der Waals surface area (Å²) in [4.78, 5) is 13.0. The van der Waals surface area contributed by atoms with Crippen molar-refractivity contribution in [3.05, 3.63) is 39.6 Å². The highest BCUT2D eigenvalue weighted by molar-refractivity contribution is 5.57. The fraction of sp³-hybridized carbons (Fsp3) is 0.467. The van der Waals surface area contributed by atoms with Crippen LogP contribution in [0.2, 0.25) is 0 Å². The van der Waals surface area contributed by atoms with Gasteiger partial charge in [-0.2, -0.15) is 0 Å². The SMILES string of the molecule is COc1ccc(/C=C(\CN2CCOCC2)[N+](=O)[O-])cc1OC. The fourth-order valence-electron chi connectivity index (χ4n) is 2.28. The predicted octanol–water partition coefficient (Wildman–Crippen LogP) is 1.65. The van der Waals surface area contributed by atoms with Gasteiger partial charge in [-0.25, -0.2) is 0 Å². The Bertz CT molecular complexity index is 553. The molecule has 22 heavy (non-hydrogen) atoms. The van der Waals surface area contributed by atoms with Crippen LogP contribution in [0.4, 0.5) is 0 Å². The maximum atomic E-state index is 11.3. The van der Waals surface area contributed by atoms with Crippen LogP contribution >= 0.6 is 0 Å². The van der Waals surface area contributed by atoms with Crippen molar-refractivity contribution in [1.82, 2.24) is 4.90 Å². The van der Waals surface area contributed by atoms with E-state index in [2.05, 4.69) is 0 Å². The second-order valence-corrected chi connectivity index (χ2v) is 4.90. The number of rotatable bonds is 6. The molecule has 2 rings (SSSR count).